The molecule has 0 aliphatic rings. The maximum Gasteiger partial charge on any atom is 0.337 e. The second kappa shape index (κ2) is 6.03. The largest absolute Gasteiger partial charge is 0.478 e. The first-order valence-electron chi connectivity index (χ1n) is 4.28. The van der Waals surface area contributed by atoms with Gasteiger partial charge in [0.1, 0.15) is 0 Å². The van der Waals surface area contributed by atoms with E-state index in [1.54, 1.807) is 0 Å². The van der Waals surface area contributed by atoms with E-state index in [4.69, 9.17) is 21.8 Å². The molecule has 0 aliphatic carbocycles. The van der Waals surface area contributed by atoms with Crippen LogP contribution in [0.5, 0.6) is 0 Å². The van der Waals surface area contributed by atoms with Crippen LogP contribution >= 0.6 is 11.6 Å². The summed E-state index contributed by atoms with van der Waals surface area (Å²) in [5, 5.41) is 17.0. The zero-order chi connectivity index (χ0) is 12.0. The maximum atomic E-state index is 10.5. The van der Waals surface area contributed by atoms with Crippen molar-refractivity contribution in [1.82, 2.24) is 0 Å². The molecule has 5 heteroatoms. The van der Waals surface area contributed by atoms with Gasteiger partial charge in [-0.05, 0) is 18.2 Å². The van der Waals surface area contributed by atoms with Gasteiger partial charge in [0.2, 0.25) is 0 Å². The van der Waals surface area contributed by atoms with Crippen LogP contribution in [0, 0.1) is 0 Å². The number of carboxylic acid groups (broad SMARTS) is 2. The SMILES string of the molecule is CC.O=C(O)c1ccc(C(=O)O)c(Cl)c1. The second-order valence-corrected chi connectivity index (χ2v) is 2.71. The summed E-state index contributed by atoms with van der Waals surface area (Å²) in [4.78, 5) is 20.9. The monoisotopic (exact) mass is 230 g/mol. The third-order valence-corrected chi connectivity index (χ3v) is 1.76. The first kappa shape index (κ1) is 13.4. The lowest BCUT2D eigenvalue weighted by molar-refractivity contribution is 0.0681. The normalized spacial score (nSPS) is 8.73. The summed E-state index contributed by atoms with van der Waals surface area (Å²) in [6.45, 7) is 4.00. The molecular weight excluding hydrogens is 220 g/mol. The molecule has 1 aromatic rings. The average Bonchev–Trinajstić information content (AvgIpc) is 2.20. The lowest BCUT2D eigenvalue weighted by Gasteiger charge is -1.99. The van der Waals surface area contributed by atoms with Gasteiger partial charge in [0.05, 0.1) is 16.1 Å². The van der Waals surface area contributed by atoms with Crippen molar-refractivity contribution in [3.63, 3.8) is 0 Å². The highest BCUT2D eigenvalue weighted by molar-refractivity contribution is 6.33. The van der Waals surface area contributed by atoms with E-state index in [1.807, 2.05) is 13.8 Å². The number of hydrogen-bond donors (Lipinski definition) is 2. The van der Waals surface area contributed by atoms with Gasteiger partial charge < -0.3 is 10.2 Å². The van der Waals surface area contributed by atoms with Crippen LogP contribution in [0.15, 0.2) is 18.2 Å². The van der Waals surface area contributed by atoms with E-state index in [1.165, 1.54) is 6.07 Å². The Balaban J connectivity index is 0.000000921. The molecule has 0 fully saturated rings. The number of rotatable bonds is 2. The number of carboxylic acids is 2. The van der Waals surface area contributed by atoms with Gasteiger partial charge in [0.25, 0.3) is 0 Å². The number of hydrogen-bond acceptors (Lipinski definition) is 2. The highest BCUT2D eigenvalue weighted by atomic mass is 35.5. The number of carbonyl (C=O) groups is 2. The van der Waals surface area contributed by atoms with Crippen molar-refractivity contribution >= 4 is 23.5 Å². The molecule has 0 bridgehead atoms. The highest BCUT2D eigenvalue weighted by Crippen LogP contribution is 2.17. The van der Waals surface area contributed by atoms with Crippen LogP contribution in [-0.4, -0.2) is 22.2 Å². The van der Waals surface area contributed by atoms with Gasteiger partial charge in [0, 0.05) is 0 Å². The molecule has 0 aromatic heterocycles. The zero-order valence-corrected chi connectivity index (χ0v) is 9.08. The fraction of sp³-hybridized carbons (Fsp3) is 0.200. The smallest absolute Gasteiger partial charge is 0.337 e. The van der Waals surface area contributed by atoms with Crippen LogP contribution in [0.2, 0.25) is 5.02 Å². The molecule has 0 saturated heterocycles. The Morgan fingerprint density at radius 1 is 1.13 bits per heavy atom. The number of aromatic carboxylic acids is 2. The second-order valence-electron chi connectivity index (χ2n) is 2.30. The van der Waals surface area contributed by atoms with Crippen LogP contribution in [0.3, 0.4) is 0 Å². The molecule has 15 heavy (non-hydrogen) atoms. The average molecular weight is 231 g/mol. The fourth-order valence-corrected chi connectivity index (χ4v) is 1.08. The maximum absolute atomic E-state index is 10.5. The summed E-state index contributed by atoms with van der Waals surface area (Å²) in [6.07, 6.45) is 0. The lowest BCUT2D eigenvalue weighted by Crippen LogP contribution is -2.01. The van der Waals surface area contributed by atoms with Crippen molar-refractivity contribution in [2.24, 2.45) is 0 Å². The molecule has 82 valence electrons. The van der Waals surface area contributed by atoms with Gasteiger partial charge in [0.15, 0.2) is 0 Å². The first-order chi connectivity index (χ1) is 7.02. The Kier molecular flexibility index (Phi) is 5.41. The van der Waals surface area contributed by atoms with Gasteiger partial charge in [-0.25, -0.2) is 9.59 Å². The van der Waals surface area contributed by atoms with Crippen molar-refractivity contribution in [2.45, 2.75) is 13.8 Å². The molecule has 0 spiro atoms. The van der Waals surface area contributed by atoms with Crippen molar-refractivity contribution in [3.05, 3.63) is 34.3 Å². The van der Waals surface area contributed by atoms with Gasteiger partial charge in [-0.15, -0.1) is 0 Å². The molecule has 1 aromatic carbocycles. The van der Waals surface area contributed by atoms with E-state index in [-0.39, 0.29) is 16.1 Å². The van der Waals surface area contributed by atoms with Crippen molar-refractivity contribution in [1.29, 1.82) is 0 Å². The third-order valence-electron chi connectivity index (χ3n) is 1.45. The highest BCUT2D eigenvalue weighted by Gasteiger charge is 2.11. The Morgan fingerprint density at radius 2 is 1.67 bits per heavy atom. The quantitative estimate of drug-likeness (QED) is 0.819. The third kappa shape index (κ3) is 3.59. The van der Waals surface area contributed by atoms with Gasteiger partial charge >= 0.3 is 11.9 Å². The van der Waals surface area contributed by atoms with E-state index in [9.17, 15) is 9.59 Å². The summed E-state index contributed by atoms with van der Waals surface area (Å²) < 4.78 is 0. The van der Waals surface area contributed by atoms with Crippen LogP contribution in [0.4, 0.5) is 0 Å². The summed E-state index contributed by atoms with van der Waals surface area (Å²) >= 11 is 5.52. The molecular formula is C10H11ClO4. The van der Waals surface area contributed by atoms with E-state index in [2.05, 4.69) is 0 Å². The molecule has 0 atom stereocenters. The predicted molar refractivity (Wildman–Crippen MR) is 56.7 cm³/mol. The fourth-order valence-electron chi connectivity index (χ4n) is 0.822. The van der Waals surface area contributed by atoms with E-state index >= 15 is 0 Å². The van der Waals surface area contributed by atoms with Crippen LogP contribution < -0.4 is 0 Å². The minimum absolute atomic E-state index is 0.0324. The summed E-state index contributed by atoms with van der Waals surface area (Å²) in [5.74, 6) is -2.32. The Morgan fingerprint density at radius 3 is 2.00 bits per heavy atom. The number of halogens is 1. The first-order valence-corrected chi connectivity index (χ1v) is 4.66. The summed E-state index contributed by atoms with van der Waals surface area (Å²) in [7, 11) is 0. The van der Waals surface area contributed by atoms with E-state index < -0.39 is 11.9 Å². The molecule has 0 saturated carbocycles. The van der Waals surface area contributed by atoms with Gasteiger partial charge in [-0.3, -0.25) is 0 Å². The van der Waals surface area contributed by atoms with Crippen molar-refractivity contribution in [3.8, 4) is 0 Å². The van der Waals surface area contributed by atoms with Crippen LogP contribution in [-0.2, 0) is 0 Å². The topological polar surface area (TPSA) is 74.6 Å². The standard InChI is InChI=1S/C8H5ClO4.C2H6/c9-6-3-4(7(10)11)1-2-5(6)8(12)13;1-2/h1-3H,(H,10,11)(H,12,13);1-2H3. The number of benzene rings is 1. The Bertz CT molecular complexity index is 374. The molecule has 1 rings (SSSR count). The van der Waals surface area contributed by atoms with Crippen LogP contribution in [0.25, 0.3) is 0 Å². The lowest BCUT2D eigenvalue weighted by atomic mass is 10.1. The van der Waals surface area contributed by atoms with Crippen molar-refractivity contribution < 1.29 is 19.8 Å². The molecule has 0 amide bonds. The molecule has 0 heterocycles. The van der Waals surface area contributed by atoms with Gasteiger partial charge in [-0.2, -0.15) is 0 Å². The van der Waals surface area contributed by atoms with E-state index in [0.717, 1.165) is 12.1 Å². The Hall–Kier alpha value is -1.55. The summed E-state index contributed by atoms with van der Waals surface area (Å²) in [6, 6.07) is 3.46. The minimum Gasteiger partial charge on any atom is -0.478 e. The molecule has 0 aliphatic heterocycles. The van der Waals surface area contributed by atoms with Gasteiger partial charge in [-0.1, -0.05) is 25.4 Å². The van der Waals surface area contributed by atoms with Crippen LogP contribution in [0.1, 0.15) is 34.6 Å². The predicted octanol–water partition coefficient (Wildman–Crippen LogP) is 2.76. The van der Waals surface area contributed by atoms with E-state index in [0.29, 0.717) is 0 Å². The molecule has 0 unspecified atom stereocenters. The van der Waals surface area contributed by atoms with Crippen molar-refractivity contribution in [2.75, 3.05) is 0 Å². The molecule has 2 N–H and O–H groups in total. The summed E-state index contributed by atoms with van der Waals surface area (Å²) in [5.41, 5.74) is -0.137. The molecule has 0 radical (unpaired) electrons. The Labute approximate surface area is 92.1 Å². The molecule has 4 nitrogen and oxygen atoms in total. The minimum atomic E-state index is -1.18. The zero-order valence-electron chi connectivity index (χ0n) is 8.32.